The number of pyridine rings is 1. The van der Waals surface area contributed by atoms with Crippen LogP contribution in [0.2, 0.25) is 0 Å². The Bertz CT molecular complexity index is 1870. The number of alkyl halides is 3. The van der Waals surface area contributed by atoms with E-state index in [2.05, 4.69) is 4.98 Å². The second-order valence-corrected chi connectivity index (χ2v) is 9.54. The summed E-state index contributed by atoms with van der Waals surface area (Å²) in [7, 11) is 0. The molecule has 0 saturated heterocycles. The number of carbonyl (C=O) groups is 2. The molecule has 2 aliphatic rings. The highest BCUT2D eigenvalue weighted by atomic mass is 19.4. The van der Waals surface area contributed by atoms with Crippen LogP contribution >= 0.6 is 0 Å². The zero-order valence-electron chi connectivity index (χ0n) is 20.5. The van der Waals surface area contributed by atoms with Crippen LogP contribution < -0.4 is 10.5 Å². The van der Waals surface area contributed by atoms with Gasteiger partial charge in [0.2, 0.25) is 0 Å². The van der Waals surface area contributed by atoms with Gasteiger partial charge in [-0.25, -0.2) is 9.78 Å². The van der Waals surface area contributed by atoms with Gasteiger partial charge in [0.25, 0.3) is 5.91 Å². The van der Waals surface area contributed by atoms with E-state index in [-0.39, 0.29) is 16.5 Å². The third-order valence-electron chi connectivity index (χ3n) is 7.32. The standard InChI is InChI=1S/C31H17F3N2O4/c32-31(33,34)22-15-24(28(35)37)36-23-13-12-16(14-18(22)23)17-6-5-9-21-27(17)29(38)40-30(21)19-7-1-3-10-25(19)39-26-11-4-2-8-20(26)30/h1-15H,(H2,35,37). The number of benzene rings is 4. The lowest BCUT2D eigenvalue weighted by Crippen LogP contribution is -2.32. The molecule has 2 aliphatic heterocycles. The zero-order chi connectivity index (χ0) is 27.8. The average molecular weight is 538 g/mol. The number of para-hydroxylation sites is 2. The molecule has 0 radical (unpaired) electrons. The summed E-state index contributed by atoms with van der Waals surface area (Å²) >= 11 is 0. The fraction of sp³-hybridized carbons (Fsp3) is 0.0645. The summed E-state index contributed by atoms with van der Waals surface area (Å²) in [4.78, 5) is 29.3. The molecule has 3 heterocycles. The van der Waals surface area contributed by atoms with Crippen LogP contribution in [0.5, 0.6) is 11.5 Å². The van der Waals surface area contributed by atoms with Crippen LogP contribution in [0.1, 0.15) is 43.1 Å². The number of nitrogens with two attached hydrogens (primary N) is 1. The van der Waals surface area contributed by atoms with Crippen LogP contribution in [0.4, 0.5) is 13.2 Å². The van der Waals surface area contributed by atoms with Crippen molar-refractivity contribution >= 4 is 22.8 Å². The Balaban J connectivity index is 1.49. The molecule has 1 aromatic heterocycles. The van der Waals surface area contributed by atoms with Crippen molar-refractivity contribution in [2.24, 2.45) is 5.73 Å². The van der Waals surface area contributed by atoms with Gasteiger partial charge in [-0.05, 0) is 41.5 Å². The number of aromatic nitrogens is 1. The topological polar surface area (TPSA) is 91.5 Å². The Labute approximate surface area is 224 Å². The first-order chi connectivity index (χ1) is 19.2. The molecule has 196 valence electrons. The second-order valence-electron chi connectivity index (χ2n) is 9.54. The van der Waals surface area contributed by atoms with E-state index in [4.69, 9.17) is 15.2 Å². The summed E-state index contributed by atoms with van der Waals surface area (Å²) < 4.78 is 54.4. The van der Waals surface area contributed by atoms with Crippen LogP contribution in [-0.2, 0) is 16.5 Å². The summed E-state index contributed by atoms with van der Waals surface area (Å²) in [5.74, 6) is -0.619. The smallest absolute Gasteiger partial charge is 0.417 e. The quantitative estimate of drug-likeness (QED) is 0.256. The minimum Gasteiger partial charge on any atom is -0.456 e. The third kappa shape index (κ3) is 3.27. The van der Waals surface area contributed by atoms with Gasteiger partial charge in [-0.3, -0.25) is 4.79 Å². The Kier molecular flexibility index (Phi) is 4.88. The molecule has 0 aliphatic carbocycles. The first-order valence-corrected chi connectivity index (χ1v) is 12.2. The zero-order valence-corrected chi connectivity index (χ0v) is 20.5. The Morgan fingerprint density at radius 1 is 0.825 bits per heavy atom. The van der Waals surface area contributed by atoms with Crippen LogP contribution in [0.25, 0.3) is 22.0 Å². The number of carbonyl (C=O) groups excluding carboxylic acids is 2. The summed E-state index contributed by atoms with van der Waals surface area (Å²) in [5, 5.41) is -0.226. The number of nitrogens with zero attached hydrogens (tertiary/aromatic N) is 1. The number of hydrogen-bond acceptors (Lipinski definition) is 5. The van der Waals surface area contributed by atoms with Crippen molar-refractivity contribution in [3.63, 3.8) is 0 Å². The van der Waals surface area contributed by atoms with Crippen LogP contribution in [0.3, 0.4) is 0 Å². The molecular weight excluding hydrogens is 521 g/mol. The Hall–Kier alpha value is -5.18. The number of esters is 1. The van der Waals surface area contributed by atoms with E-state index < -0.39 is 34.9 Å². The number of halogens is 3. The van der Waals surface area contributed by atoms with E-state index >= 15 is 0 Å². The molecule has 6 nitrogen and oxygen atoms in total. The molecule has 4 aromatic carbocycles. The summed E-state index contributed by atoms with van der Waals surface area (Å²) in [6, 6.07) is 24.6. The van der Waals surface area contributed by atoms with Gasteiger partial charge in [-0.2, -0.15) is 13.2 Å². The van der Waals surface area contributed by atoms with E-state index in [9.17, 15) is 22.8 Å². The summed E-state index contributed by atoms with van der Waals surface area (Å²) in [6.07, 6.45) is -4.78. The van der Waals surface area contributed by atoms with E-state index in [0.717, 1.165) is 0 Å². The van der Waals surface area contributed by atoms with E-state index in [1.807, 2.05) is 36.4 Å². The van der Waals surface area contributed by atoms with E-state index in [0.29, 0.717) is 45.4 Å². The lowest BCUT2D eigenvalue weighted by atomic mass is 9.76. The van der Waals surface area contributed by atoms with Gasteiger partial charge in [0, 0.05) is 22.1 Å². The Morgan fingerprint density at radius 3 is 2.12 bits per heavy atom. The molecule has 1 amide bonds. The number of fused-ring (bicyclic) bond motifs is 7. The molecule has 0 saturated carbocycles. The van der Waals surface area contributed by atoms with Crippen molar-refractivity contribution in [2.75, 3.05) is 0 Å². The SMILES string of the molecule is NC(=O)c1cc(C(F)(F)F)c2cc(-c3cccc4c3C(=O)OC43c4ccccc4Oc4ccccc43)ccc2n1. The number of rotatable bonds is 2. The molecule has 2 N–H and O–H groups in total. The predicted octanol–water partition coefficient (Wildman–Crippen LogP) is 6.59. The molecule has 0 atom stereocenters. The molecule has 1 spiro atoms. The largest absolute Gasteiger partial charge is 0.456 e. The number of hydrogen-bond donors (Lipinski definition) is 1. The maximum absolute atomic E-state index is 14.0. The highest BCUT2D eigenvalue weighted by molar-refractivity contribution is 6.04. The first kappa shape index (κ1) is 23.9. The lowest BCUT2D eigenvalue weighted by molar-refractivity contribution is -0.136. The second kappa shape index (κ2) is 8.16. The third-order valence-corrected chi connectivity index (χ3v) is 7.32. The molecule has 7 rings (SSSR count). The van der Waals surface area contributed by atoms with Gasteiger partial charge >= 0.3 is 12.1 Å². The maximum Gasteiger partial charge on any atom is 0.417 e. The molecule has 0 unspecified atom stereocenters. The monoisotopic (exact) mass is 538 g/mol. The minimum absolute atomic E-state index is 0.0497. The summed E-state index contributed by atoms with van der Waals surface area (Å²) in [5.41, 5.74) is 5.15. The molecule has 0 bridgehead atoms. The lowest BCUT2D eigenvalue weighted by Gasteiger charge is -2.36. The van der Waals surface area contributed by atoms with Crippen molar-refractivity contribution in [3.8, 4) is 22.6 Å². The van der Waals surface area contributed by atoms with Crippen molar-refractivity contribution in [1.82, 2.24) is 4.98 Å². The van der Waals surface area contributed by atoms with E-state index in [1.165, 1.54) is 12.1 Å². The fourth-order valence-electron chi connectivity index (χ4n) is 5.66. The summed E-state index contributed by atoms with van der Waals surface area (Å²) in [6.45, 7) is 0. The maximum atomic E-state index is 14.0. The van der Waals surface area contributed by atoms with Crippen molar-refractivity contribution < 1.29 is 32.2 Å². The van der Waals surface area contributed by atoms with Crippen LogP contribution in [0, 0.1) is 0 Å². The highest BCUT2D eigenvalue weighted by Gasteiger charge is 2.54. The average Bonchev–Trinajstić information content (AvgIpc) is 3.24. The highest BCUT2D eigenvalue weighted by Crippen LogP contribution is 2.57. The minimum atomic E-state index is -4.78. The van der Waals surface area contributed by atoms with Crippen LogP contribution in [-0.4, -0.2) is 16.9 Å². The van der Waals surface area contributed by atoms with Crippen molar-refractivity contribution in [1.29, 1.82) is 0 Å². The molecule has 40 heavy (non-hydrogen) atoms. The normalized spacial score (nSPS) is 14.7. The van der Waals surface area contributed by atoms with Gasteiger partial charge in [0.1, 0.15) is 17.2 Å². The van der Waals surface area contributed by atoms with Crippen LogP contribution in [0.15, 0.2) is 91.0 Å². The fourth-order valence-corrected chi connectivity index (χ4v) is 5.66. The molecular formula is C31H17F3N2O4. The number of amides is 1. The molecule has 5 aromatic rings. The Morgan fingerprint density at radius 2 is 1.48 bits per heavy atom. The van der Waals surface area contributed by atoms with Gasteiger partial charge in [-0.1, -0.05) is 60.7 Å². The first-order valence-electron chi connectivity index (χ1n) is 12.2. The van der Waals surface area contributed by atoms with Gasteiger partial charge < -0.3 is 15.2 Å². The van der Waals surface area contributed by atoms with Gasteiger partial charge in [-0.15, -0.1) is 0 Å². The van der Waals surface area contributed by atoms with Crippen molar-refractivity contribution in [3.05, 3.63) is 125 Å². The van der Waals surface area contributed by atoms with E-state index in [1.54, 1.807) is 36.4 Å². The van der Waals surface area contributed by atoms with Gasteiger partial charge in [0.15, 0.2) is 5.60 Å². The van der Waals surface area contributed by atoms with Crippen molar-refractivity contribution in [2.45, 2.75) is 11.8 Å². The molecule has 0 fully saturated rings. The number of primary amides is 1. The molecule has 9 heteroatoms. The van der Waals surface area contributed by atoms with Gasteiger partial charge in [0.05, 0.1) is 16.6 Å². The predicted molar refractivity (Wildman–Crippen MR) is 139 cm³/mol. The number of ether oxygens (including phenoxy) is 2.